The second kappa shape index (κ2) is 6.06. The van der Waals surface area contributed by atoms with E-state index in [4.69, 9.17) is 14.6 Å². The summed E-state index contributed by atoms with van der Waals surface area (Å²) in [6.07, 6.45) is 1.45. The number of ether oxygens (including phenoxy) is 2. The Morgan fingerprint density at radius 1 is 1.25 bits per heavy atom. The van der Waals surface area contributed by atoms with Crippen LogP contribution in [0.15, 0.2) is 36.5 Å². The summed E-state index contributed by atoms with van der Waals surface area (Å²) in [6, 6.07) is 8.83. The predicted molar refractivity (Wildman–Crippen MR) is 73.3 cm³/mol. The lowest BCUT2D eigenvalue weighted by Crippen LogP contribution is -2.03. The molecule has 0 fully saturated rings. The number of rotatable bonds is 5. The van der Waals surface area contributed by atoms with E-state index in [9.17, 15) is 4.79 Å². The molecule has 0 aliphatic heterocycles. The highest BCUT2D eigenvalue weighted by atomic mass is 16.5. The molecule has 0 atom stereocenters. The van der Waals surface area contributed by atoms with Crippen LogP contribution in [-0.2, 0) is 6.61 Å². The molecule has 0 saturated heterocycles. The first-order valence-electron chi connectivity index (χ1n) is 6.06. The lowest BCUT2D eigenvalue weighted by molar-refractivity contribution is 0.0690. The van der Waals surface area contributed by atoms with Gasteiger partial charge >= 0.3 is 5.97 Å². The Hall–Kier alpha value is -2.56. The maximum absolute atomic E-state index is 10.8. The van der Waals surface area contributed by atoms with Crippen molar-refractivity contribution < 1.29 is 19.4 Å². The van der Waals surface area contributed by atoms with Crippen LogP contribution >= 0.6 is 0 Å². The molecule has 0 radical (unpaired) electrons. The number of nitrogens with zero attached hydrogens (tertiary/aromatic N) is 1. The molecule has 0 amide bonds. The molecule has 0 saturated carbocycles. The summed E-state index contributed by atoms with van der Waals surface area (Å²) < 4.78 is 10.9. The lowest BCUT2D eigenvalue weighted by Gasteiger charge is -2.11. The van der Waals surface area contributed by atoms with Gasteiger partial charge in [0.05, 0.1) is 7.11 Å². The van der Waals surface area contributed by atoms with Gasteiger partial charge in [0.25, 0.3) is 0 Å². The maximum Gasteiger partial charge on any atom is 0.354 e. The molecule has 2 aromatic rings. The second-order valence-corrected chi connectivity index (χ2v) is 4.30. The average Bonchev–Trinajstić information content (AvgIpc) is 2.46. The van der Waals surface area contributed by atoms with Gasteiger partial charge < -0.3 is 14.6 Å². The van der Waals surface area contributed by atoms with Gasteiger partial charge in [-0.2, -0.15) is 0 Å². The van der Waals surface area contributed by atoms with E-state index in [2.05, 4.69) is 4.98 Å². The number of carboxylic acids is 1. The number of benzene rings is 1. The lowest BCUT2D eigenvalue weighted by atomic mass is 10.2. The van der Waals surface area contributed by atoms with Crippen LogP contribution in [0, 0.1) is 6.92 Å². The van der Waals surface area contributed by atoms with E-state index in [0.717, 1.165) is 11.1 Å². The molecule has 5 heteroatoms. The van der Waals surface area contributed by atoms with Crippen LogP contribution in [0.4, 0.5) is 0 Å². The van der Waals surface area contributed by atoms with Crippen molar-refractivity contribution >= 4 is 5.97 Å². The number of methoxy groups -OCH3 is 1. The smallest absolute Gasteiger partial charge is 0.354 e. The zero-order valence-corrected chi connectivity index (χ0v) is 11.3. The fraction of sp³-hybridized carbons (Fsp3) is 0.200. The molecule has 0 bridgehead atoms. The molecular formula is C15H15NO4. The molecule has 1 aromatic heterocycles. The molecule has 104 valence electrons. The molecule has 0 aliphatic carbocycles. The summed E-state index contributed by atoms with van der Waals surface area (Å²) in [7, 11) is 1.58. The van der Waals surface area contributed by atoms with Crippen LogP contribution < -0.4 is 9.47 Å². The predicted octanol–water partition coefficient (Wildman–Crippen LogP) is 2.68. The van der Waals surface area contributed by atoms with Gasteiger partial charge in [-0.1, -0.05) is 6.07 Å². The van der Waals surface area contributed by atoms with Crippen LogP contribution in [0.1, 0.15) is 21.6 Å². The van der Waals surface area contributed by atoms with Gasteiger partial charge in [0.15, 0.2) is 11.5 Å². The van der Waals surface area contributed by atoms with Crippen LogP contribution in [-0.4, -0.2) is 23.2 Å². The first-order chi connectivity index (χ1) is 9.60. The number of carboxylic acid groups (broad SMARTS) is 1. The topological polar surface area (TPSA) is 68.7 Å². The molecule has 2 rings (SSSR count). The zero-order valence-electron chi connectivity index (χ0n) is 11.3. The fourth-order valence-corrected chi connectivity index (χ4v) is 1.74. The van der Waals surface area contributed by atoms with Gasteiger partial charge in [0.2, 0.25) is 0 Å². The summed E-state index contributed by atoms with van der Waals surface area (Å²) in [4.78, 5) is 14.6. The van der Waals surface area contributed by atoms with Crippen molar-refractivity contribution in [2.75, 3.05) is 7.11 Å². The third kappa shape index (κ3) is 3.26. The molecule has 0 spiro atoms. The molecule has 1 aromatic carbocycles. The average molecular weight is 273 g/mol. The highest BCUT2D eigenvalue weighted by Crippen LogP contribution is 2.28. The van der Waals surface area contributed by atoms with Gasteiger partial charge in [-0.25, -0.2) is 9.78 Å². The van der Waals surface area contributed by atoms with Crippen LogP contribution in [0.5, 0.6) is 11.5 Å². The molecular weight excluding hydrogens is 258 g/mol. The van der Waals surface area contributed by atoms with Crippen LogP contribution in [0.2, 0.25) is 0 Å². The van der Waals surface area contributed by atoms with Crippen LogP contribution in [0.25, 0.3) is 0 Å². The quantitative estimate of drug-likeness (QED) is 0.907. The van der Waals surface area contributed by atoms with Gasteiger partial charge in [-0.15, -0.1) is 0 Å². The normalized spacial score (nSPS) is 10.1. The minimum Gasteiger partial charge on any atom is -0.493 e. The Morgan fingerprint density at radius 2 is 2.05 bits per heavy atom. The van der Waals surface area contributed by atoms with Crippen molar-refractivity contribution in [1.29, 1.82) is 0 Å². The van der Waals surface area contributed by atoms with E-state index in [-0.39, 0.29) is 12.3 Å². The monoisotopic (exact) mass is 273 g/mol. The van der Waals surface area contributed by atoms with Gasteiger partial charge in [-0.05, 0) is 42.3 Å². The van der Waals surface area contributed by atoms with E-state index >= 15 is 0 Å². The van der Waals surface area contributed by atoms with Crippen molar-refractivity contribution in [3.63, 3.8) is 0 Å². The van der Waals surface area contributed by atoms with E-state index in [1.54, 1.807) is 13.2 Å². The van der Waals surface area contributed by atoms with E-state index < -0.39 is 5.97 Å². The number of aromatic carboxylic acids is 1. The van der Waals surface area contributed by atoms with Crippen molar-refractivity contribution in [3.05, 3.63) is 53.3 Å². The standard InChI is InChI=1S/C15H15NO4/c1-10-3-4-13(14(7-10)19-2)20-9-11-5-6-16-12(8-11)15(17)18/h3-8H,9H2,1-2H3,(H,17,18). The van der Waals surface area contributed by atoms with Gasteiger partial charge in [0.1, 0.15) is 12.3 Å². The summed E-state index contributed by atoms with van der Waals surface area (Å²) >= 11 is 0. The number of pyridine rings is 1. The Bertz CT molecular complexity index is 625. The van der Waals surface area contributed by atoms with E-state index in [1.807, 2.05) is 25.1 Å². The molecule has 1 N–H and O–H groups in total. The fourth-order valence-electron chi connectivity index (χ4n) is 1.74. The minimum atomic E-state index is -1.06. The van der Waals surface area contributed by atoms with Crippen molar-refractivity contribution in [3.8, 4) is 11.5 Å². The summed E-state index contributed by atoms with van der Waals surface area (Å²) in [6.45, 7) is 2.22. The number of hydrogen-bond acceptors (Lipinski definition) is 4. The summed E-state index contributed by atoms with van der Waals surface area (Å²) in [5.74, 6) is 0.212. The SMILES string of the molecule is COc1cc(C)ccc1OCc1ccnc(C(=O)O)c1. The summed E-state index contributed by atoms with van der Waals surface area (Å²) in [5.41, 5.74) is 1.81. The third-order valence-corrected chi connectivity index (χ3v) is 2.76. The molecule has 5 nitrogen and oxygen atoms in total. The highest BCUT2D eigenvalue weighted by Gasteiger charge is 2.07. The zero-order chi connectivity index (χ0) is 14.5. The minimum absolute atomic E-state index is 0.00183. The van der Waals surface area contributed by atoms with Crippen molar-refractivity contribution in [2.45, 2.75) is 13.5 Å². The van der Waals surface area contributed by atoms with Gasteiger partial charge in [0, 0.05) is 6.20 Å². The van der Waals surface area contributed by atoms with E-state index in [0.29, 0.717) is 11.5 Å². The highest BCUT2D eigenvalue weighted by molar-refractivity contribution is 5.85. The van der Waals surface area contributed by atoms with Crippen molar-refractivity contribution in [1.82, 2.24) is 4.98 Å². The number of carbonyl (C=O) groups is 1. The first kappa shape index (κ1) is 13.9. The summed E-state index contributed by atoms with van der Waals surface area (Å²) in [5, 5.41) is 8.88. The van der Waals surface area contributed by atoms with E-state index in [1.165, 1.54) is 12.3 Å². The third-order valence-electron chi connectivity index (χ3n) is 2.76. The largest absolute Gasteiger partial charge is 0.493 e. The van der Waals surface area contributed by atoms with Crippen LogP contribution in [0.3, 0.4) is 0 Å². The van der Waals surface area contributed by atoms with Gasteiger partial charge in [-0.3, -0.25) is 0 Å². The number of aryl methyl sites for hydroxylation is 1. The Labute approximate surface area is 116 Å². The Balaban J connectivity index is 2.12. The van der Waals surface area contributed by atoms with Crippen molar-refractivity contribution in [2.24, 2.45) is 0 Å². The Morgan fingerprint density at radius 3 is 2.75 bits per heavy atom. The number of hydrogen-bond donors (Lipinski definition) is 1. The maximum atomic E-state index is 10.8. The first-order valence-corrected chi connectivity index (χ1v) is 6.06. The molecule has 0 unspecified atom stereocenters. The molecule has 1 heterocycles. The Kier molecular flexibility index (Phi) is 4.20. The number of aromatic nitrogens is 1. The molecule has 20 heavy (non-hydrogen) atoms. The second-order valence-electron chi connectivity index (χ2n) is 4.30. The molecule has 0 aliphatic rings.